The van der Waals surface area contributed by atoms with E-state index in [1.54, 1.807) is 39.0 Å². The third-order valence-electron chi connectivity index (χ3n) is 5.08. The summed E-state index contributed by atoms with van der Waals surface area (Å²) in [4.78, 5) is 20.4. The first kappa shape index (κ1) is 27.2. The maximum absolute atomic E-state index is 14.6. The SMILES string of the molecule is CC(C)(C)OC(=O)N=S(C)(=O)Cc1cc2cc(c1)OCCCOc1cc(ccc1F)-c1nc(ncc1F)N2. The number of aromatic nitrogens is 2. The van der Waals surface area contributed by atoms with Gasteiger partial charge in [-0.25, -0.2) is 27.8 Å². The Balaban J connectivity index is 1.69. The summed E-state index contributed by atoms with van der Waals surface area (Å²) in [5.74, 6) is -0.864. The van der Waals surface area contributed by atoms with Crippen molar-refractivity contribution in [1.29, 1.82) is 0 Å². The van der Waals surface area contributed by atoms with Crippen LogP contribution < -0.4 is 14.8 Å². The average molecular weight is 547 g/mol. The largest absolute Gasteiger partial charge is 0.493 e. The number of hydrogen-bond donors (Lipinski definition) is 1. The molecule has 9 nitrogen and oxygen atoms in total. The molecule has 0 saturated heterocycles. The lowest BCUT2D eigenvalue weighted by atomic mass is 10.1. The Kier molecular flexibility index (Phi) is 7.81. The lowest BCUT2D eigenvalue weighted by Crippen LogP contribution is -2.22. The second-order valence-corrected chi connectivity index (χ2v) is 12.1. The monoisotopic (exact) mass is 546 g/mol. The second kappa shape index (κ2) is 10.9. The van der Waals surface area contributed by atoms with Crippen LogP contribution in [0.25, 0.3) is 11.3 Å². The molecule has 3 aromatic rings. The molecule has 1 atom stereocenters. The maximum Gasteiger partial charge on any atom is 0.442 e. The highest BCUT2D eigenvalue weighted by molar-refractivity contribution is 7.92. The van der Waals surface area contributed by atoms with Crippen molar-refractivity contribution in [2.24, 2.45) is 4.36 Å². The number of carbonyl (C=O) groups excluding carboxylic acids is 1. The molecule has 38 heavy (non-hydrogen) atoms. The highest BCUT2D eigenvalue weighted by Crippen LogP contribution is 2.30. The smallest absolute Gasteiger partial charge is 0.442 e. The molecular weight excluding hydrogens is 518 g/mol. The Bertz CT molecular complexity index is 1480. The highest BCUT2D eigenvalue weighted by Gasteiger charge is 2.19. The van der Waals surface area contributed by atoms with Gasteiger partial charge in [0.15, 0.2) is 17.4 Å². The molecule has 1 aliphatic heterocycles. The molecule has 4 rings (SSSR count). The van der Waals surface area contributed by atoms with Crippen LogP contribution >= 0.6 is 0 Å². The van der Waals surface area contributed by atoms with E-state index in [0.717, 1.165) is 6.20 Å². The van der Waals surface area contributed by atoms with E-state index < -0.39 is 33.1 Å². The summed E-state index contributed by atoms with van der Waals surface area (Å²) in [5, 5.41) is 3.01. The van der Waals surface area contributed by atoms with Crippen LogP contribution in [-0.2, 0) is 20.2 Å². The topological polar surface area (TPSA) is 112 Å². The van der Waals surface area contributed by atoms with Crippen molar-refractivity contribution in [3.8, 4) is 22.8 Å². The van der Waals surface area contributed by atoms with Crippen molar-refractivity contribution in [3.05, 3.63) is 59.8 Å². The lowest BCUT2D eigenvalue weighted by molar-refractivity contribution is 0.0607. The number of nitrogens with zero attached hydrogens (tertiary/aromatic N) is 3. The van der Waals surface area contributed by atoms with E-state index in [4.69, 9.17) is 14.2 Å². The summed E-state index contributed by atoms with van der Waals surface area (Å²) in [5.41, 5.74) is 0.545. The Morgan fingerprint density at radius 1 is 1.13 bits per heavy atom. The second-order valence-electron chi connectivity index (χ2n) is 9.75. The van der Waals surface area contributed by atoms with Crippen LogP contribution in [-0.4, -0.2) is 45.3 Å². The van der Waals surface area contributed by atoms with Gasteiger partial charge in [-0.3, -0.25) is 0 Å². The van der Waals surface area contributed by atoms with E-state index in [1.807, 2.05) is 0 Å². The number of halogens is 2. The van der Waals surface area contributed by atoms with Crippen molar-refractivity contribution in [3.63, 3.8) is 0 Å². The highest BCUT2D eigenvalue weighted by atomic mass is 32.2. The van der Waals surface area contributed by atoms with Gasteiger partial charge in [-0.15, -0.1) is 4.36 Å². The molecule has 1 aliphatic rings. The number of benzene rings is 2. The van der Waals surface area contributed by atoms with Crippen LogP contribution in [0.4, 0.5) is 25.2 Å². The van der Waals surface area contributed by atoms with Crippen molar-refractivity contribution >= 4 is 27.5 Å². The molecule has 0 fully saturated rings. The van der Waals surface area contributed by atoms with Gasteiger partial charge in [-0.2, -0.15) is 0 Å². The Labute approximate surface area is 219 Å². The van der Waals surface area contributed by atoms with Crippen molar-refractivity contribution < 1.29 is 32.0 Å². The molecule has 6 bridgehead atoms. The van der Waals surface area contributed by atoms with Gasteiger partial charge in [0, 0.05) is 30.0 Å². The lowest BCUT2D eigenvalue weighted by Gasteiger charge is -2.17. The summed E-state index contributed by atoms with van der Waals surface area (Å²) in [7, 11) is -3.00. The molecule has 0 radical (unpaired) electrons. The minimum Gasteiger partial charge on any atom is -0.493 e. The van der Waals surface area contributed by atoms with Crippen LogP contribution in [0.15, 0.2) is 47.0 Å². The van der Waals surface area contributed by atoms with Gasteiger partial charge in [0.2, 0.25) is 5.95 Å². The summed E-state index contributed by atoms with van der Waals surface area (Å²) in [6, 6.07) is 9.02. The predicted molar refractivity (Wildman–Crippen MR) is 139 cm³/mol. The standard InChI is InChI=1S/C26H28F2N4O5S/c1-26(2,3)37-25(33)32-38(4,34)15-16-10-18-13-19(11-16)35-8-5-9-36-22-12-17(6-7-20(22)27)23-21(28)14-29-24(30-18)31-23/h6-7,10-14H,5,8-9,15H2,1-4H3,(H,29,30,31). The Hall–Kier alpha value is -3.80. The quantitative estimate of drug-likeness (QED) is 0.425. The minimum absolute atomic E-state index is 0.0285. The van der Waals surface area contributed by atoms with E-state index in [9.17, 15) is 17.8 Å². The number of carbonyl (C=O) groups is 1. The fourth-order valence-electron chi connectivity index (χ4n) is 3.63. The molecule has 0 spiro atoms. The number of amides is 1. The first-order chi connectivity index (χ1) is 17.9. The molecule has 2 aromatic carbocycles. The summed E-state index contributed by atoms with van der Waals surface area (Å²) in [6.07, 6.45) is 1.89. The molecule has 1 N–H and O–H groups in total. The summed E-state index contributed by atoms with van der Waals surface area (Å²) in [6.45, 7) is 5.48. The van der Waals surface area contributed by atoms with Gasteiger partial charge in [-0.05, 0) is 56.7 Å². The summed E-state index contributed by atoms with van der Waals surface area (Å²) >= 11 is 0. The molecule has 1 unspecified atom stereocenters. The Morgan fingerprint density at radius 3 is 2.66 bits per heavy atom. The molecule has 202 valence electrons. The number of anilines is 2. The maximum atomic E-state index is 14.6. The zero-order chi connectivity index (χ0) is 27.5. The van der Waals surface area contributed by atoms with Crippen molar-refractivity contribution in [2.75, 3.05) is 24.8 Å². The number of ether oxygens (including phenoxy) is 3. The average Bonchev–Trinajstić information content (AvgIpc) is 2.79. The van der Waals surface area contributed by atoms with Crippen LogP contribution in [0, 0.1) is 11.6 Å². The van der Waals surface area contributed by atoms with Crippen molar-refractivity contribution in [1.82, 2.24) is 9.97 Å². The summed E-state index contributed by atoms with van der Waals surface area (Å²) < 4.78 is 62.4. The first-order valence-corrected chi connectivity index (χ1v) is 13.9. The zero-order valence-electron chi connectivity index (χ0n) is 21.4. The molecule has 0 aliphatic carbocycles. The fraction of sp³-hybridized carbons (Fsp3) is 0.346. The number of nitrogens with one attached hydrogen (secondary N) is 1. The minimum atomic E-state index is -3.00. The third kappa shape index (κ3) is 7.37. The Morgan fingerprint density at radius 2 is 1.89 bits per heavy atom. The molecule has 2 heterocycles. The van der Waals surface area contributed by atoms with Crippen LogP contribution in [0.3, 0.4) is 0 Å². The third-order valence-corrected chi connectivity index (χ3v) is 6.49. The van der Waals surface area contributed by atoms with Gasteiger partial charge < -0.3 is 19.5 Å². The number of rotatable bonds is 2. The van der Waals surface area contributed by atoms with Crippen LogP contribution in [0.2, 0.25) is 0 Å². The van der Waals surface area contributed by atoms with E-state index >= 15 is 0 Å². The fourth-order valence-corrected chi connectivity index (χ4v) is 4.83. The van der Waals surface area contributed by atoms with E-state index in [2.05, 4.69) is 19.6 Å². The van der Waals surface area contributed by atoms with E-state index in [1.165, 1.54) is 24.5 Å². The van der Waals surface area contributed by atoms with Gasteiger partial charge in [0.1, 0.15) is 17.0 Å². The van der Waals surface area contributed by atoms with Gasteiger partial charge in [0.25, 0.3) is 0 Å². The normalized spacial score (nSPS) is 14.9. The van der Waals surface area contributed by atoms with Crippen LogP contribution in [0.1, 0.15) is 32.8 Å². The molecule has 1 aromatic heterocycles. The van der Waals surface area contributed by atoms with Crippen LogP contribution in [0.5, 0.6) is 11.5 Å². The molecular formula is C26H28F2N4O5S. The number of hydrogen-bond acceptors (Lipinski definition) is 8. The predicted octanol–water partition coefficient (Wildman–Crippen LogP) is 5.86. The van der Waals surface area contributed by atoms with Crippen molar-refractivity contribution in [2.45, 2.75) is 38.5 Å². The molecule has 0 saturated carbocycles. The van der Waals surface area contributed by atoms with Gasteiger partial charge >= 0.3 is 6.09 Å². The molecule has 1 amide bonds. The zero-order valence-corrected chi connectivity index (χ0v) is 22.2. The molecule has 12 heteroatoms. The first-order valence-electron chi connectivity index (χ1n) is 11.8. The van der Waals surface area contributed by atoms with E-state index in [0.29, 0.717) is 29.0 Å². The van der Waals surface area contributed by atoms with E-state index in [-0.39, 0.29) is 36.4 Å². The van der Waals surface area contributed by atoms with Gasteiger partial charge in [0.05, 0.1) is 34.9 Å². The number of fused-ring (bicyclic) bond motifs is 7. The van der Waals surface area contributed by atoms with Gasteiger partial charge in [-0.1, -0.05) is 0 Å².